The molecule has 0 atom stereocenters. The average Bonchev–Trinajstić information content (AvgIpc) is 2.38. The summed E-state index contributed by atoms with van der Waals surface area (Å²) < 4.78 is 0. The Morgan fingerprint density at radius 1 is 1.33 bits per heavy atom. The molecule has 1 saturated heterocycles. The van der Waals surface area contributed by atoms with E-state index >= 15 is 0 Å². The molecule has 0 bridgehead atoms. The van der Waals surface area contributed by atoms with E-state index in [1.807, 2.05) is 17.9 Å². The number of carbonyl (C=O) groups is 2. The minimum atomic E-state index is 0.121. The molecule has 1 aromatic heterocycles. The molecule has 2 heterocycles. The Morgan fingerprint density at radius 2 is 2.00 bits per heavy atom. The zero-order chi connectivity index (χ0) is 13.1. The van der Waals surface area contributed by atoms with E-state index in [1.165, 1.54) is 0 Å². The Hall–Kier alpha value is -1.91. The van der Waals surface area contributed by atoms with Crippen molar-refractivity contribution in [2.45, 2.75) is 13.8 Å². The smallest absolute Gasteiger partial charge is 0.219 e. The molecule has 96 valence electrons. The second-order valence-corrected chi connectivity index (χ2v) is 4.52. The molecule has 0 aliphatic carbocycles. The molecule has 1 amide bonds. The molecule has 0 unspecified atom stereocenters. The van der Waals surface area contributed by atoms with Crippen LogP contribution in [0.4, 0.5) is 5.82 Å². The Kier molecular flexibility index (Phi) is 3.60. The summed E-state index contributed by atoms with van der Waals surface area (Å²) in [5, 5.41) is 0. The Labute approximate surface area is 106 Å². The number of aryl methyl sites for hydroxylation is 1. The predicted octanol–water partition coefficient (Wildman–Crippen LogP) is 0.871. The van der Waals surface area contributed by atoms with Gasteiger partial charge >= 0.3 is 0 Å². The largest absolute Gasteiger partial charge is 0.353 e. The number of carbonyl (C=O) groups excluding carboxylic acids is 2. The highest BCUT2D eigenvalue weighted by atomic mass is 16.2. The average molecular weight is 247 g/mol. The molecule has 5 nitrogen and oxygen atoms in total. The van der Waals surface area contributed by atoms with E-state index in [1.54, 1.807) is 13.1 Å². The number of rotatable bonds is 2. The number of anilines is 1. The molecule has 0 aromatic carbocycles. The number of piperazine rings is 1. The number of hydrogen-bond donors (Lipinski definition) is 0. The van der Waals surface area contributed by atoms with Crippen LogP contribution in [0.1, 0.15) is 22.8 Å². The lowest BCUT2D eigenvalue weighted by molar-refractivity contribution is -0.129. The molecule has 1 aromatic rings. The normalized spacial score (nSPS) is 15.7. The van der Waals surface area contributed by atoms with Crippen molar-refractivity contribution >= 4 is 18.0 Å². The minimum absolute atomic E-state index is 0.121. The maximum absolute atomic E-state index is 11.2. The third-order valence-corrected chi connectivity index (χ3v) is 3.23. The Bertz CT molecular complexity index is 465. The van der Waals surface area contributed by atoms with Gasteiger partial charge in [-0.15, -0.1) is 0 Å². The Morgan fingerprint density at radius 3 is 2.50 bits per heavy atom. The molecule has 1 fully saturated rings. The van der Waals surface area contributed by atoms with Crippen LogP contribution in [0.5, 0.6) is 0 Å². The van der Waals surface area contributed by atoms with Crippen molar-refractivity contribution in [3.8, 4) is 0 Å². The first-order valence-electron chi connectivity index (χ1n) is 6.04. The van der Waals surface area contributed by atoms with Crippen LogP contribution in [0.25, 0.3) is 0 Å². The van der Waals surface area contributed by atoms with Gasteiger partial charge in [0.25, 0.3) is 0 Å². The lowest BCUT2D eigenvalue weighted by Crippen LogP contribution is -2.48. The summed E-state index contributed by atoms with van der Waals surface area (Å²) in [5.41, 5.74) is 1.59. The zero-order valence-corrected chi connectivity index (χ0v) is 10.7. The Balaban J connectivity index is 2.10. The summed E-state index contributed by atoms with van der Waals surface area (Å²) in [5.74, 6) is 1.03. The van der Waals surface area contributed by atoms with Gasteiger partial charge in [0, 0.05) is 44.9 Å². The molecule has 2 rings (SSSR count). The van der Waals surface area contributed by atoms with Crippen molar-refractivity contribution in [3.05, 3.63) is 23.4 Å². The van der Waals surface area contributed by atoms with Crippen molar-refractivity contribution in [2.75, 3.05) is 31.1 Å². The highest BCUT2D eigenvalue weighted by Crippen LogP contribution is 2.19. The van der Waals surface area contributed by atoms with Crippen LogP contribution in [-0.4, -0.2) is 48.3 Å². The van der Waals surface area contributed by atoms with Crippen molar-refractivity contribution in [2.24, 2.45) is 0 Å². The first-order chi connectivity index (χ1) is 8.61. The molecular weight excluding hydrogens is 230 g/mol. The van der Waals surface area contributed by atoms with Gasteiger partial charge in [-0.1, -0.05) is 0 Å². The zero-order valence-electron chi connectivity index (χ0n) is 10.7. The van der Waals surface area contributed by atoms with Gasteiger partial charge in [-0.3, -0.25) is 9.59 Å². The number of nitrogens with zero attached hydrogens (tertiary/aromatic N) is 3. The summed E-state index contributed by atoms with van der Waals surface area (Å²) in [6.07, 6.45) is 2.39. The van der Waals surface area contributed by atoms with Gasteiger partial charge in [0.2, 0.25) is 5.91 Å². The van der Waals surface area contributed by atoms with Crippen molar-refractivity contribution in [1.82, 2.24) is 9.88 Å². The maximum atomic E-state index is 11.2. The SMILES string of the molecule is CC(=O)N1CCN(c2ncc(C=O)cc2C)CC1. The van der Waals surface area contributed by atoms with Gasteiger partial charge < -0.3 is 9.80 Å². The molecule has 1 aliphatic rings. The first kappa shape index (κ1) is 12.5. The quantitative estimate of drug-likeness (QED) is 0.728. The molecular formula is C13H17N3O2. The van der Waals surface area contributed by atoms with Gasteiger partial charge in [-0.25, -0.2) is 4.98 Å². The topological polar surface area (TPSA) is 53.5 Å². The standard InChI is InChI=1S/C13H17N3O2/c1-10-7-12(9-17)8-14-13(10)16-5-3-15(4-6-16)11(2)18/h7-9H,3-6H2,1-2H3. The fraction of sp³-hybridized carbons (Fsp3) is 0.462. The van der Waals surface area contributed by atoms with E-state index in [0.29, 0.717) is 5.56 Å². The van der Waals surface area contributed by atoms with E-state index in [0.717, 1.165) is 43.8 Å². The molecule has 0 N–H and O–H groups in total. The highest BCUT2D eigenvalue weighted by molar-refractivity contribution is 5.75. The van der Waals surface area contributed by atoms with Crippen LogP contribution in [0, 0.1) is 6.92 Å². The van der Waals surface area contributed by atoms with E-state index in [4.69, 9.17) is 0 Å². The van der Waals surface area contributed by atoms with Crippen LogP contribution >= 0.6 is 0 Å². The number of aromatic nitrogens is 1. The van der Waals surface area contributed by atoms with E-state index in [-0.39, 0.29) is 5.91 Å². The molecule has 18 heavy (non-hydrogen) atoms. The van der Waals surface area contributed by atoms with Gasteiger partial charge in [0.05, 0.1) is 0 Å². The number of pyridine rings is 1. The lowest BCUT2D eigenvalue weighted by Gasteiger charge is -2.35. The lowest BCUT2D eigenvalue weighted by atomic mass is 10.2. The van der Waals surface area contributed by atoms with Crippen LogP contribution < -0.4 is 4.90 Å². The fourth-order valence-corrected chi connectivity index (χ4v) is 2.22. The van der Waals surface area contributed by atoms with Crippen LogP contribution in [-0.2, 0) is 4.79 Å². The third-order valence-electron chi connectivity index (χ3n) is 3.23. The summed E-state index contributed by atoms with van der Waals surface area (Å²) in [4.78, 5) is 30.2. The van der Waals surface area contributed by atoms with Gasteiger partial charge in [0.1, 0.15) is 5.82 Å². The number of amides is 1. The monoisotopic (exact) mass is 247 g/mol. The van der Waals surface area contributed by atoms with Crippen molar-refractivity contribution in [1.29, 1.82) is 0 Å². The minimum Gasteiger partial charge on any atom is -0.353 e. The third kappa shape index (κ3) is 2.50. The van der Waals surface area contributed by atoms with Crippen LogP contribution in [0.3, 0.4) is 0 Å². The van der Waals surface area contributed by atoms with Gasteiger partial charge in [0.15, 0.2) is 6.29 Å². The van der Waals surface area contributed by atoms with Crippen molar-refractivity contribution in [3.63, 3.8) is 0 Å². The van der Waals surface area contributed by atoms with Crippen LogP contribution in [0.2, 0.25) is 0 Å². The second kappa shape index (κ2) is 5.16. The molecule has 0 saturated carbocycles. The summed E-state index contributed by atoms with van der Waals surface area (Å²) in [6.45, 7) is 6.57. The van der Waals surface area contributed by atoms with E-state index < -0.39 is 0 Å². The highest BCUT2D eigenvalue weighted by Gasteiger charge is 2.20. The summed E-state index contributed by atoms with van der Waals surface area (Å²) >= 11 is 0. The van der Waals surface area contributed by atoms with E-state index in [2.05, 4.69) is 9.88 Å². The fourth-order valence-electron chi connectivity index (χ4n) is 2.22. The maximum Gasteiger partial charge on any atom is 0.219 e. The first-order valence-corrected chi connectivity index (χ1v) is 6.04. The number of hydrogen-bond acceptors (Lipinski definition) is 4. The summed E-state index contributed by atoms with van der Waals surface area (Å²) in [7, 11) is 0. The van der Waals surface area contributed by atoms with Crippen LogP contribution in [0.15, 0.2) is 12.3 Å². The van der Waals surface area contributed by atoms with Crippen molar-refractivity contribution < 1.29 is 9.59 Å². The molecule has 1 aliphatic heterocycles. The number of aldehydes is 1. The predicted molar refractivity (Wildman–Crippen MR) is 68.8 cm³/mol. The van der Waals surface area contributed by atoms with E-state index in [9.17, 15) is 9.59 Å². The van der Waals surface area contributed by atoms with Gasteiger partial charge in [-0.05, 0) is 18.6 Å². The van der Waals surface area contributed by atoms with Gasteiger partial charge in [-0.2, -0.15) is 0 Å². The molecule has 0 radical (unpaired) electrons. The molecule has 5 heteroatoms. The summed E-state index contributed by atoms with van der Waals surface area (Å²) in [6, 6.07) is 1.84. The second-order valence-electron chi connectivity index (χ2n) is 4.52. The molecule has 0 spiro atoms.